The summed E-state index contributed by atoms with van der Waals surface area (Å²) in [7, 11) is 0. The third kappa shape index (κ3) is 2.44. The van der Waals surface area contributed by atoms with Crippen LogP contribution in [0.2, 0.25) is 0 Å². The number of carbonyl (C=O) groups excluding carboxylic acids is 1. The highest BCUT2D eigenvalue weighted by Gasteiger charge is 2.23. The Morgan fingerprint density at radius 3 is 2.71 bits per heavy atom. The van der Waals surface area contributed by atoms with E-state index in [1.165, 1.54) is 0 Å². The topological polar surface area (TPSA) is 47.3 Å². The van der Waals surface area contributed by atoms with Crippen LogP contribution >= 0.6 is 0 Å². The Kier molecular flexibility index (Phi) is 3.09. The smallest absolute Gasteiger partial charge is 0.168 e. The summed E-state index contributed by atoms with van der Waals surface area (Å²) < 4.78 is 1.78. The molecule has 2 aromatic heterocycles. The van der Waals surface area contributed by atoms with E-state index in [9.17, 15) is 4.79 Å². The Bertz CT molecular complexity index is 812. The van der Waals surface area contributed by atoms with Crippen LogP contribution in [0, 0.1) is 5.41 Å². The number of nitrogens with zero attached hydrogens (tertiary/aromatic N) is 3. The number of aromatic nitrogens is 3. The Morgan fingerprint density at radius 2 is 1.95 bits per heavy atom. The zero-order chi connectivity index (χ0) is 15.0. The quantitative estimate of drug-likeness (QED) is 0.673. The van der Waals surface area contributed by atoms with Crippen molar-refractivity contribution in [2.75, 3.05) is 0 Å². The summed E-state index contributed by atoms with van der Waals surface area (Å²) in [6.45, 7) is 5.79. The van der Waals surface area contributed by atoms with Crippen LogP contribution in [0.25, 0.3) is 16.9 Å². The second-order valence-corrected chi connectivity index (χ2v) is 6.10. The molecule has 3 rings (SSSR count). The number of ketones is 1. The van der Waals surface area contributed by atoms with Crippen LogP contribution in [0.15, 0.2) is 48.8 Å². The number of Topliss-reactive ketones (excluding diaryl/α,β-unsaturated/α-hetero) is 1. The van der Waals surface area contributed by atoms with Gasteiger partial charge in [-0.15, -0.1) is 0 Å². The molecular formula is C17H17N3O. The molecular weight excluding hydrogens is 262 g/mol. The summed E-state index contributed by atoms with van der Waals surface area (Å²) in [5.41, 5.74) is 2.94. The molecule has 0 aliphatic rings. The second kappa shape index (κ2) is 4.81. The molecule has 0 aliphatic heterocycles. The molecule has 0 saturated heterocycles. The van der Waals surface area contributed by atoms with Gasteiger partial charge in [-0.25, -0.2) is 9.50 Å². The average molecular weight is 279 g/mol. The van der Waals surface area contributed by atoms with Crippen LogP contribution in [0.4, 0.5) is 0 Å². The molecule has 0 aliphatic carbocycles. The van der Waals surface area contributed by atoms with Gasteiger partial charge in [0, 0.05) is 22.7 Å². The van der Waals surface area contributed by atoms with Crippen LogP contribution in [0.1, 0.15) is 31.1 Å². The van der Waals surface area contributed by atoms with E-state index < -0.39 is 5.41 Å². The highest BCUT2D eigenvalue weighted by Crippen LogP contribution is 2.25. The maximum atomic E-state index is 12.4. The van der Waals surface area contributed by atoms with Gasteiger partial charge in [0.15, 0.2) is 11.4 Å². The number of rotatable bonds is 2. The van der Waals surface area contributed by atoms with Crippen LogP contribution in [-0.4, -0.2) is 20.4 Å². The minimum Gasteiger partial charge on any atom is -0.294 e. The van der Waals surface area contributed by atoms with E-state index in [1.807, 2.05) is 57.2 Å². The van der Waals surface area contributed by atoms with Gasteiger partial charge in [-0.1, -0.05) is 39.0 Å². The van der Waals surface area contributed by atoms with Crippen LogP contribution in [0.5, 0.6) is 0 Å². The van der Waals surface area contributed by atoms with Crippen molar-refractivity contribution in [1.29, 1.82) is 0 Å². The fourth-order valence-electron chi connectivity index (χ4n) is 2.28. The molecule has 0 radical (unpaired) electrons. The lowest BCUT2D eigenvalue weighted by molar-refractivity contribution is 0.0858. The number of imidazole rings is 1. The fraction of sp³-hybridized carbons (Fsp3) is 0.235. The zero-order valence-corrected chi connectivity index (χ0v) is 12.4. The molecule has 0 spiro atoms. The second-order valence-electron chi connectivity index (χ2n) is 6.10. The van der Waals surface area contributed by atoms with Crippen molar-refractivity contribution in [3.63, 3.8) is 0 Å². The SMILES string of the molecule is CC(C)(C)C(=O)c1cccc(-c2cnc3cccnn23)c1. The van der Waals surface area contributed by atoms with Gasteiger partial charge in [-0.2, -0.15) is 5.10 Å². The average Bonchev–Trinajstić information content (AvgIpc) is 2.89. The van der Waals surface area contributed by atoms with E-state index in [1.54, 1.807) is 16.9 Å². The summed E-state index contributed by atoms with van der Waals surface area (Å²) in [4.78, 5) is 16.7. The van der Waals surface area contributed by atoms with Crippen molar-refractivity contribution in [2.24, 2.45) is 5.41 Å². The molecule has 0 fully saturated rings. The zero-order valence-electron chi connectivity index (χ0n) is 12.4. The van der Waals surface area contributed by atoms with Crippen LogP contribution in [0.3, 0.4) is 0 Å². The van der Waals surface area contributed by atoms with Crippen molar-refractivity contribution in [3.8, 4) is 11.3 Å². The van der Waals surface area contributed by atoms with E-state index in [0.717, 1.165) is 16.9 Å². The Balaban J connectivity index is 2.10. The van der Waals surface area contributed by atoms with Crippen LogP contribution in [-0.2, 0) is 0 Å². The summed E-state index contributed by atoms with van der Waals surface area (Å²) in [5, 5.41) is 4.31. The van der Waals surface area contributed by atoms with Gasteiger partial charge >= 0.3 is 0 Å². The molecule has 4 heteroatoms. The number of fused-ring (bicyclic) bond motifs is 1. The van der Waals surface area contributed by atoms with E-state index in [2.05, 4.69) is 10.1 Å². The summed E-state index contributed by atoms with van der Waals surface area (Å²) in [5.74, 6) is 0.131. The first-order chi connectivity index (χ1) is 9.97. The van der Waals surface area contributed by atoms with Gasteiger partial charge in [-0.3, -0.25) is 4.79 Å². The number of hydrogen-bond acceptors (Lipinski definition) is 3. The molecule has 0 atom stereocenters. The molecule has 0 unspecified atom stereocenters. The molecule has 2 heterocycles. The number of hydrogen-bond donors (Lipinski definition) is 0. The Labute approximate surface area is 123 Å². The molecule has 3 aromatic rings. The van der Waals surface area contributed by atoms with Crippen molar-refractivity contribution < 1.29 is 4.79 Å². The highest BCUT2D eigenvalue weighted by atomic mass is 16.1. The monoisotopic (exact) mass is 279 g/mol. The van der Waals surface area contributed by atoms with E-state index in [0.29, 0.717) is 5.56 Å². The standard InChI is InChI=1S/C17H17N3O/c1-17(2,3)16(21)13-7-4-6-12(10-13)14-11-18-15-8-5-9-19-20(14)15/h4-11H,1-3H3. The van der Waals surface area contributed by atoms with E-state index >= 15 is 0 Å². The van der Waals surface area contributed by atoms with Gasteiger partial charge in [0.1, 0.15) is 0 Å². The van der Waals surface area contributed by atoms with Crippen molar-refractivity contribution in [3.05, 3.63) is 54.4 Å². The fourth-order valence-corrected chi connectivity index (χ4v) is 2.28. The molecule has 106 valence electrons. The summed E-state index contributed by atoms with van der Waals surface area (Å²) in [6.07, 6.45) is 3.51. The molecule has 21 heavy (non-hydrogen) atoms. The summed E-state index contributed by atoms with van der Waals surface area (Å²) >= 11 is 0. The third-order valence-corrected chi connectivity index (χ3v) is 3.38. The number of carbonyl (C=O) groups is 1. The molecule has 1 aromatic carbocycles. The van der Waals surface area contributed by atoms with Crippen molar-refractivity contribution >= 4 is 11.4 Å². The Hall–Kier alpha value is -2.49. The van der Waals surface area contributed by atoms with Gasteiger partial charge in [0.05, 0.1) is 11.9 Å². The summed E-state index contributed by atoms with van der Waals surface area (Å²) in [6, 6.07) is 11.4. The van der Waals surface area contributed by atoms with Crippen molar-refractivity contribution in [2.45, 2.75) is 20.8 Å². The highest BCUT2D eigenvalue weighted by molar-refractivity contribution is 6.00. The van der Waals surface area contributed by atoms with Gasteiger partial charge in [0.25, 0.3) is 0 Å². The predicted octanol–water partition coefficient (Wildman–Crippen LogP) is 3.63. The van der Waals surface area contributed by atoms with Crippen molar-refractivity contribution in [1.82, 2.24) is 14.6 Å². The first kappa shape index (κ1) is 13.5. The normalized spacial score (nSPS) is 11.8. The lowest BCUT2D eigenvalue weighted by Gasteiger charge is -2.16. The largest absolute Gasteiger partial charge is 0.294 e. The lowest BCUT2D eigenvalue weighted by Crippen LogP contribution is -2.20. The Morgan fingerprint density at radius 1 is 1.14 bits per heavy atom. The molecule has 0 N–H and O–H groups in total. The van der Waals surface area contributed by atoms with Crippen LogP contribution < -0.4 is 0 Å². The molecule has 0 amide bonds. The van der Waals surface area contributed by atoms with E-state index in [4.69, 9.17) is 0 Å². The first-order valence-corrected chi connectivity index (χ1v) is 6.91. The minimum absolute atomic E-state index is 0.131. The molecule has 4 nitrogen and oxygen atoms in total. The van der Waals surface area contributed by atoms with E-state index in [-0.39, 0.29) is 5.78 Å². The van der Waals surface area contributed by atoms with Gasteiger partial charge in [-0.05, 0) is 18.2 Å². The maximum Gasteiger partial charge on any atom is 0.168 e. The van der Waals surface area contributed by atoms with Gasteiger partial charge < -0.3 is 0 Å². The minimum atomic E-state index is -0.393. The lowest BCUT2D eigenvalue weighted by atomic mass is 9.86. The number of benzene rings is 1. The third-order valence-electron chi connectivity index (χ3n) is 3.38. The predicted molar refractivity (Wildman–Crippen MR) is 82.2 cm³/mol. The first-order valence-electron chi connectivity index (χ1n) is 6.91. The maximum absolute atomic E-state index is 12.4. The molecule has 0 bridgehead atoms. The molecule has 0 saturated carbocycles. The van der Waals surface area contributed by atoms with Gasteiger partial charge in [0.2, 0.25) is 0 Å².